The van der Waals surface area contributed by atoms with Gasteiger partial charge in [0.2, 0.25) is 0 Å². The van der Waals surface area contributed by atoms with E-state index in [-0.39, 0.29) is 18.6 Å². The van der Waals surface area contributed by atoms with Crippen LogP contribution in [0.5, 0.6) is 0 Å². The third-order valence-electron chi connectivity index (χ3n) is 3.44. The number of ether oxygens (including phenoxy) is 1. The van der Waals surface area contributed by atoms with Crippen LogP contribution in [0.15, 0.2) is 12.7 Å². The third-order valence-corrected chi connectivity index (χ3v) is 3.44. The van der Waals surface area contributed by atoms with E-state index in [1.165, 1.54) is 6.42 Å². The van der Waals surface area contributed by atoms with Crippen molar-refractivity contribution in [2.45, 2.75) is 25.5 Å². The Hall–Kier alpha value is -1.24. The SMILES string of the molecule is C[N+](C)(C)c1ncnc2c1ncn2C1CCCCO1.[Cl-]. The lowest BCUT2D eigenvalue weighted by molar-refractivity contribution is -0.0298. The summed E-state index contributed by atoms with van der Waals surface area (Å²) in [5, 5.41) is 0. The number of rotatable bonds is 2. The van der Waals surface area contributed by atoms with Gasteiger partial charge in [-0.25, -0.2) is 9.97 Å². The summed E-state index contributed by atoms with van der Waals surface area (Å²) < 4.78 is 8.48. The summed E-state index contributed by atoms with van der Waals surface area (Å²) in [7, 11) is 6.24. The van der Waals surface area contributed by atoms with E-state index in [0.717, 1.165) is 36.4 Å². The number of hydrogen-bond acceptors (Lipinski definition) is 4. The van der Waals surface area contributed by atoms with Gasteiger partial charge in [0.25, 0.3) is 5.82 Å². The van der Waals surface area contributed by atoms with Crippen LogP contribution in [0.25, 0.3) is 11.2 Å². The van der Waals surface area contributed by atoms with Crippen molar-refractivity contribution in [2.24, 2.45) is 0 Å². The Morgan fingerprint density at radius 3 is 2.65 bits per heavy atom. The van der Waals surface area contributed by atoms with Crippen LogP contribution >= 0.6 is 0 Å². The largest absolute Gasteiger partial charge is 1.00 e. The standard InChI is InChI=1S/C13H20N5O.ClH/c1-18(2,3)13-11-12(14-8-15-13)17(9-16-11)10-6-4-5-7-19-10;/h8-10H,4-7H2,1-3H3;1H/q+1;/p-1. The molecule has 0 bridgehead atoms. The summed E-state index contributed by atoms with van der Waals surface area (Å²) >= 11 is 0. The Kier molecular flexibility index (Phi) is 4.27. The molecule has 0 saturated carbocycles. The Morgan fingerprint density at radius 2 is 2.00 bits per heavy atom. The van der Waals surface area contributed by atoms with Gasteiger partial charge in [0.1, 0.15) is 12.6 Å². The number of hydrogen-bond donors (Lipinski definition) is 0. The van der Waals surface area contributed by atoms with Crippen molar-refractivity contribution >= 4 is 17.0 Å². The molecule has 0 radical (unpaired) electrons. The maximum atomic E-state index is 5.81. The molecular formula is C13H20ClN5O. The Labute approximate surface area is 124 Å². The first kappa shape index (κ1) is 15.2. The second-order valence-electron chi connectivity index (χ2n) is 5.86. The van der Waals surface area contributed by atoms with E-state index >= 15 is 0 Å². The smallest absolute Gasteiger partial charge is 0.258 e. The molecule has 110 valence electrons. The van der Waals surface area contributed by atoms with Crippen LogP contribution in [0.1, 0.15) is 25.5 Å². The number of imidazole rings is 1. The van der Waals surface area contributed by atoms with Crippen LogP contribution in [0.2, 0.25) is 0 Å². The van der Waals surface area contributed by atoms with Gasteiger partial charge < -0.3 is 17.1 Å². The minimum atomic E-state index is 0. The fourth-order valence-electron chi connectivity index (χ4n) is 2.48. The zero-order chi connectivity index (χ0) is 13.5. The van der Waals surface area contributed by atoms with Crippen molar-refractivity contribution in [1.82, 2.24) is 24.0 Å². The molecular weight excluding hydrogens is 278 g/mol. The zero-order valence-electron chi connectivity index (χ0n) is 12.1. The Balaban J connectivity index is 0.00000147. The van der Waals surface area contributed by atoms with Gasteiger partial charge in [-0.15, -0.1) is 0 Å². The number of fused-ring (bicyclic) bond motifs is 1. The van der Waals surface area contributed by atoms with Crippen LogP contribution in [0.4, 0.5) is 5.82 Å². The molecule has 0 aliphatic carbocycles. The van der Waals surface area contributed by atoms with Gasteiger partial charge in [-0.05, 0) is 19.3 Å². The van der Waals surface area contributed by atoms with E-state index in [2.05, 4.69) is 36.1 Å². The van der Waals surface area contributed by atoms with Crippen molar-refractivity contribution in [1.29, 1.82) is 0 Å². The monoisotopic (exact) mass is 297 g/mol. The van der Waals surface area contributed by atoms with Crippen molar-refractivity contribution in [2.75, 3.05) is 27.7 Å². The second kappa shape index (κ2) is 5.63. The molecule has 1 fully saturated rings. The molecule has 1 saturated heterocycles. The van der Waals surface area contributed by atoms with Gasteiger partial charge in [-0.2, -0.15) is 4.98 Å². The molecule has 3 rings (SSSR count). The van der Waals surface area contributed by atoms with Gasteiger partial charge in [0, 0.05) is 6.61 Å². The summed E-state index contributed by atoms with van der Waals surface area (Å²) in [4.78, 5) is 13.3. The summed E-state index contributed by atoms with van der Waals surface area (Å²) in [5.41, 5.74) is 1.73. The Morgan fingerprint density at radius 1 is 1.20 bits per heavy atom. The lowest BCUT2D eigenvalue weighted by Gasteiger charge is -2.24. The van der Waals surface area contributed by atoms with E-state index in [9.17, 15) is 0 Å². The topological polar surface area (TPSA) is 52.8 Å². The third kappa shape index (κ3) is 2.63. The average molecular weight is 298 g/mol. The molecule has 2 aromatic rings. The average Bonchev–Trinajstić information content (AvgIpc) is 2.82. The quantitative estimate of drug-likeness (QED) is 0.649. The van der Waals surface area contributed by atoms with Crippen LogP contribution < -0.4 is 16.9 Å². The summed E-state index contributed by atoms with van der Waals surface area (Å²) in [6.45, 7) is 0.817. The molecule has 20 heavy (non-hydrogen) atoms. The molecule has 1 atom stereocenters. The van der Waals surface area contributed by atoms with Gasteiger partial charge in [-0.1, -0.05) is 0 Å². The molecule has 0 amide bonds. The van der Waals surface area contributed by atoms with E-state index in [0.29, 0.717) is 4.48 Å². The van der Waals surface area contributed by atoms with Gasteiger partial charge in [0.15, 0.2) is 11.2 Å². The lowest BCUT2D eigenvalue weighted by Crippen LogP contribution is -3.00. The van der Waals surface area contributed by atoms with Crippen molar-refractivity contribution < 1.29 is 17.1 Å². The van der Waals surface area contributed by atoms with Crippen LogP contribution in [-0.4, -0.2) is 47.3 Å². The van der Waals surface area contributed by atoms with Crippen LogP contribution in [0.3, 0.4) is 0 Å². The van der Waals surface area contributed by atoms with Crippen LogP contribution in [-0.2, 0) is 4.74 Å². The first-order chi connectivity index (χ1) is 9.07. The van der Waals surface area contributed by atoms with E-state index in [4.69, 9.17) is 4.74 Å². The molecule has 7 heteroatoms. The van der Waals surface area contributed by atoms with Crippen molar-refractivity contribution in [3.05, 3.63) is 12.7 Å². The van der Waals surface area contributed by atoms with Crippen molar-refractivity contribution in [3.8, 4) is 0 Å². The molecule has 0 spiro atoms. The lowest BCUT2D eigenvalue weighted by atomic mass is 10.2. The second-order valence-corrected chi connectivity index (χ2v) is 5.86. The van der Waals surface area contributed by atoms with E-state index < -0.39 is 0 Å². The van der Waals surface area contributed by atoms with Gasteiger partial charge in [-0.3, -0.25) is 9.05 Å². The van der Waals surface area contributed by atoms with Crippen molar-refractivity contribution in [3.63, 3.8) is 0 Å². The van der Waals surface area contributed by atoms with Gasteiger partial charge in [0.05, 0.1) is 27.5 Å². The number of quaternary nitrogens is 1. The fourth-order valence-corrected chi connectivity index (χ4v) is 2.48. The molecule has 1 aliphatic heterocycles. The maximum absolute atomic E-state index is 5.81. The van der Waals surface area contributed by atoms with E-state index in [1.807, 2.05) is 10.9 Å². The molecule has 0 aromatic carbocycles. The summed E-state index contributed by atoms with van der Waals surface area (Å²) in [6.07, 6.45) is 6.86. The minimum absolute atomic E-state index is 0. The first-order valence-electron chi connectivity index (χ1n) is 6.68. The fraction of sp³-hybridized carbons (Fsp3) is 0.615. The molecule has 0 N–H and O–H groups in total. The molecule has 2 aromatic heterocycles. The molecule has 1 aliphatic rings. The summed E-state index contributed by atoms with van der Waals surface area (Å²) in [6, 6.07) is 0. The van der Waals surface area contributed by atoms with E-state index in [1.54, 1.807) is 6.33 Å². The minimum Gasteiger partial charge on any atom is -1.00 e. The first-order valence-corrected chi connectivity index (χ1v) is 6.68. The summed E-state index contributed by atoms with van der Waals surface area (Å²) in [5.74, 6) is 0.930. The molecule has 3 heterocycles. The van der Waals surface area contributed by atoms with Crippen LogP contribution in [0, 0.1) is 0 Å². The zero-order valence-corrected chi connectivity index (χ0v) is 12.8. The molecule has 1 unspecified atom stereocenters. The predicted molar refractivity (Wildman–Crippen MR) is 73.7 cm³/mol. The Bertz CT molecular complexity index is 586. The highest BCUT2D eigenvalue weighted by Gasteiger charge is 2.25. The van der Waals surface area contributed by atoms with Gasteiger partial charge >= 0.3 is 0 Å². The number of nitrogens with zero attached hydrogens (tertiary/aromatic N) is 5. The maximum Gasteiger partial charge on any atom is 0.258 e. The number of halogens is 1. The molecule has 6 nitrogen and oxygen atoms in total. The highest BCUT2D eigenvalue weighted by atomic mass is 35.5. The normalized spacial score (nSPS) is 19.9. The highest BCUT2D eigenvalue weighted by Crippen LogP contribution is 2.28. The number of aromatic nitrogens is 4. The predicted octanol–water partition coefficient (Wildman–Crippen LogP) is -1.27. The highest BCUT2D eigenvalue weighted by molar-refractivity contribution is 5.81.